The Balaban J connectivity index is 1.34. The zero-order valence-corrected chi connectivity index (χ0v) is 17.5. The lowest BCUT2D eigenvalue weighted by Crippen LogP contribution is -2.49. The van der Waals surface area contributed by atoms with Crippen LogP contribution in [0.15, 0.2) is 54.6 Å². The van der Waals surface area contributed by atoms with Gasteiger partial charge in [-0.25, -0.2) is 4.39 Å². The number of benzene rings is 2. The average molecular weight is 423 g/mol. The van der Waals surface area contributed by atoms with Crippen molar-refractivity contribution in [3.63, 3.8) is 0 Å². The van der Waals surface area contributed by atoms with Gasteiger partial charge in [0.25, 0.3) is 0 Å². The molecule has 2 aromatic carbocycles. The minimum atomic E-state index is -0.339. The van der Waals surface area contributed by atoms with Crippen LogP contribution in [0.25, 0.3) is 0 Å². The minimum absolute atomic E-state index is 0.0386. The van der Waals surface area contributed by atoms with E-state index in [1.165, 1.54) is 6.07 Å². The molecule has 162 valence electrons. The van der Waals surface area contributed by atoms with E-state index in [4.69, 9.17) is 0 Å². The third-order valence-corrected chi connectivity index (χ3v) is 6.40. The molecule has 4 rings (SSSR count). The molecule has 6 heteroatoms. The first kappa shape index (κ1) is 21.2. The van der Waals surface area contributed by atoms with Gasteiger partial charge < -0.3 is 9.80 Å². The molecule has 1 atom stereocenters. The van der Waals surface area contributed by atoms with Gasteiger partial charge in [-0.3, -0.25) is 14.4 Å². The van der Waals surface area contributed by atoms with Crippen molar-refractivity contribution >= 4 is 17.6 Å². The fourth-order valence-electron chi connectivity index (χ4n) is 4.56. The summed E-state index contributed by atoms with van der Waals surface area (Å²) >= 11 is 0. The summed E-state index contributed by atoms with van der Waals surface area (Å²) in [5.74, 6) is -0.528. The lowest BCUT2D eigenvalue weighted by molar-refractivity contribution is -0.144. The fraction of sp³-hybridized carbons (Fsp3) is 0.400. The maximum atomic E-state index is 14.0. The molecule has 0 saturated carbocycles. The lowest BCUT2D eigenvalue weighted by Gasteiger charge is -2.37. The Bertz CT molecular complexity index is 954. The maximum absolute atomic E-state index is 14.0. The van der Waals surface area contributed by atoms with Gasteiger partial charge in [0.15, 0.2) is 5.78 Å². The van der Waals surface area contributed by atoms with Crippen molar-refractivity contribution in [3.05, 3.63) is 71.5 Å². The minimum Gasteiger partial charge on any atom is -0.342 e. The number of nitrogens with zero attached hydrogens (tertiary/aromatic N) is 2. The molecule has 2 heterocycles. The summed E-state index contributed by atoms with van der Waals surface area (Å²) in [5.41, 5.74) is 1.19. The topological polar surface area (TPSA) is 57.7 Å². The molecule has 0 unspecified atom stereocenters. The number of piperidine rings is 2. The standard InChI is InChI=1S/C25H27FN2O3/c26-22-9-5-4-8-20(22)16-28-17-21(10-11-23(28)29)25(31)27-14-12-19(13-15-27)24(30)18-6-2-1-3-7-18/h1-9,19,21H,10-17H2/t21-/m0/s1. The Morgan fingerprint density at radius 1 is 0.903 bits per heavy atom. The molecule has 2 fully saturated rings. The number of Topliss-reactive ketones (excluding diaryl/α,β-unsaturated/α-hetero) is 1. The molecular formula is C25H27FN2O3. The van der Waals surface area contributed by atoms with Gasteiger partial charge in [0.1, 0.15) is 5.82 Å². The number of carbonyl (C=O) groups is 3. The smallest absolute Gasteiger partial charge is 0.227 e. The first-order valence-corrected chi connectivity index (χ1v) is 10.9. The van der Waals surface area contributed by atoms with Crippen molar-refractivity contribution in [2.75, 3.05) is 19.6 Å². The summed E-state index contributed by atoms with van der Waals surface area (Å²) < 4.78 is 14.0. The van der Waals surface area contributed by atoms with Crippen LogP contribution in [0.1, 0.15) is 41.6 Å². The summed E-state index contributed by atoms with van der Waals surface area (Å²) in [6.07, 6.45) is 2.14. The highest BCUT2D eigenvalue weighted by Gasteiger charge is 2.35. The van der Waals surface area contributed by atoms with E-state index >= 15 is 0 Å². The van der Waals surface area contributed by atoms with E-state index in [1.54, 1.807) is 23.1 Å². The van der Waals surface area contributed by atoms with Gasteiger partial charge in [0.05, 0.1) is 5.92 Å². The van der Waals surface area contributed by atoms with Gasteiger partial charge in [0.2, 0.25) is 11.8 Å². The Kier molecular flexibility index (Phi) is 6.44. The van der Waals surface area contributed by atoms with Crippen LogP contribution in [0.4, 0.5) is 4.39 Å². The van der Waals surface area contributed by atoms with E-state index < -0.39 is 0 Å². The van der Waals surface area contributed by atoms with Crippen LogP contribution < -0.4 is 0 Å². The highest BCUT2D eigenvalue weighted by molar-refractivity contribution is 5.98. The number of amides is 2. The van der Waals surface area contributed by atoms with Crippen LogP contribution in [0.3, 0.4) is 0 Å². The summed E-state index contributed by atoms with van der Waals surface area (Å²) in [5, 5.41) is 0. The second kappa shape index (κ2) is 9.41. The molecule has 0 radical (unpaired) electrons. The molecule has 2 aliphatic heterocycles. The zero-order chi connectivity index (χ0) is 21.8. The normalized spacial score (nSPS) is 20.0. The fourth-order valence-corrected chi connectivity index (χ4v) is 4.56. The van der Waals surface area contributed by atoms with Crippen molar-refractivity contribution in [2.24, 2.45) is 11.8 Å². The Morgan fingerprint density at radius 3 is 2.29 bits per heavy atom. The SMILES string of the molecule is O=C(c1ccccc1)C1CCN(C(=O)[C@H]2CCC(=O)N(Cc3ccccc3F)C2)CC1. The molecule has 31 heavy (non-hydrogen) atoms. The summed E-state index contributed by atoms with van der Waals surface area (Å²) in [4.78, 5) is 41.6. The van der Waals surface area contributed by atoms with E-state index in [-0.39, 0.29) is 41.8 Å². The van der Waals surface area contributed by atoms with Crippen LogP contribution >= 0.6 is 0 Å². The van der Waals surface area contributed by atoms with Crippen molar-refractivity contribution in [2.45, 2.75) is 32.2 Å². The van der Waals surface area contributed by atoms with Gasteiger partial charge >= 0.3 is 0 Å². The molecule has 0 aromatic heterocycles. The molecule has 2 aromatic rings. The third-order valence-electron chi connectivity index (χ3n) is 6.40. The predicted octanol–water partition coefficient (Wildman–Crippen LogP) is 3.69. The average Bonchev–Trinajstić information content (AvgIpc) is 2.81. The zero-order valence-electron chi connectivity index (χ0n) is 17.5. The van der Waals surface area contributed by atoms with E-state index in [0.717, 1.165) is 5.56 Å². The molecule has 2 aliphatic rings. The Morgan fingerprint density at radius 2 is 1.58 bits per heavy atom. The molecule has 2 saturated heterocycles. The second-order valence-electron chi connectivity index (χ2n) is 8.43. The van der Waals surface area contributed by atoms with E-state index in [2.05, 4.69) is 0 Å². The highest BCUT2D eigenvalue weighted by Crippen LogP contribution is 2.26. The maximum Gasteiger partial charge on any atom is 0.227 e. The van der Waals surface area contributed by atoms with Crippen molar-refractivity contribution in [1.29, 1.82) is 0 Å². The molecule has 0 aliphatic carbocycles. The van der Waals surface area contributed by atoms with Crippen LogP contribution in [-0.2, 0) is 16.1 Å². The summed E-state index contributed by atoms with van der Waals surface area (Å²) in [6, 6.07) is 15.7. The van der Waals surface area contributed by atoms with Gasteiger partial charge in [0, 0.05) is 49.6 Å². The van der Waals surface area contributed by atoms with E-state index in [9.17, 15) is 18.8 Å². The molecule has 0 bridgehead atoms. The molecule has 2 amide bonds. The van der Waals surface area contributed by atoms with Gasteiger partial charge in [-0.1, -0.05) is 48.5 Å². The van der Waals surface area contributed by atoms with Crippen molar-refractivity contribution in [1.82, 2.24) is 9.80 Å². The van der Waals surface area contributed by atoms with Gasteiger partial charge in [-0.05, 0) is 25.3 Å². The van der Waals surface area contributed by atoms with E-state index in [0.29, 0.717) is 50.9 Å². The van der Waals surface area contributed by atoms with Crippen molar-refractivity contribution in [3.8, 4) is 0 Å². The van der Waals surface area contributed by atoms with Crippen LogP contribution in [0.5, 0.6) is 0 Å². The summed E-state index contributed by atoms with van der Waals surface area (Å²) in [6.45, 7) is 1.61. The number of carbonyl (C=O) groups excluding carboxylic acids is 3. The Labute approximate surface area is 181 Å². The monoisotopic (exact) mass is 422 g/mol. The van der Waals surface area contributed by atoms with E-state index in [1.807, 2.05) is 35.2 Å². The number of hydrogen-bond acceptors (Lipinski definition) is 3. The number of likely N-dealkylation sites (tertiary alicyclic amines) is 2. The van der Waals surface area contributed by atoms with Crippen LogP contribution in [0.2, 0.25) is 0 Å². The van der Waals surface area contributed by atoms with Gasteiger partial charge in [-0.15, -0.1) is 0 Å². The molecule has 0 spiro atoms. The predicted molar refractivity (Wildman–Crippen MR) is 115 cm³/mol. The molecule has 0 N–H and O–H groups in total. The number of ketones is 1. The summed E-state index contributed by atoms with van der Waals surface area (Å²) in [7, 11) is 0. The molecular weight excluding hydrogens is 395 g/mol. The Hall–Kier alpha value is -3.02. The molecule has 5 nitrogen and oxygen atoms in total. The second-order valence-corrected chi connectivity index (χ2v) is 8.43. The van der Waals surface area contributed by atoms with Crippen LogP contribution in [-0.4, -0.2) is 47.0 Å². The number of hydrogen-bond donors (Lipinski definition) is 0. The lowest BCUT2D eigenvalue weighted by atomic mass is 9.87. The van der Waals surface area contributed by atoms with Gasteiger partial charge in [-0.2, -0.15) is 0 Å². The quantitative estimate of drug-likeness (QED) is 0.691. The number of rotatable bonds is 5. The first-order valence-electron chi connectivity index (χ1n) is 10.9. The van der Waals surface area contributed by atoms with Crippen molar-refractivity contribution < 1.29 is 18.8 Å². The van der Waals surface area contributed by atoms with Crippen LogP contribution in [0, 0.1) is 17.7 Å². The third kappa shape index (κ3) is 4.84. The first-order chi connectivity index (χ1) is 15.0. The highest BCUT2D eigenvalue weighted by atomic mass is 19.1. The largest absolute Gasteiger partial charge is 0.342 e. The number of halogens is 1.